The summed E-state index contributed by atoms with van der Waals surface area (Å²) in [7, 11) is 4.07. The molecule has 0 saturated heterocycles. The summed E-state index contributed by atoms with van der Waals surface area (Å²) in [6, 6.07) is 16.1. The number of carbonyl (C=O) groups is 1. The zero-order valence-corrected chi connectivity index (χ0v) is 15.9. The minimum atomic E-state index is -0.120. The number of amides is 1. The maximum Gasteiger partial charge on any atom is 0.246 e. The molecule has 3 rings (SSSR count). The molecule has 0 aliphatic heterocycles. The fourth-order valence-electron chi connectivity index (χ4n) is 2.68. The summed E-state index contributed by atoms with van der Waals surface area (Å²) in [5, 5.41) is 3.81. The Labute approximate surface area is 157 Å². The van der Waals surface area contributed by atoms with Gasteiger partial charge in [-0.3, -0.25) is 4.79 Å². The van der Waals surface area contributed by atoms with Crippen LogP contribution in [0.15, 0.2) is 48.5 Å². The van der Waals surface area contributed by atoms with Crippen LogP contribution in [-0.2, 0) is 29.2 Å². The Bertz CT molecular complexity index is 843. The second-order valence-corrected chi connectivity index (χ2v) is 7.47. The fourth-order valence-corrected chi connectivity index (χ4v) is 3.59. The summed E-state index contributed by atoms with van der Waals surface area (Å²) in [6.45, 7) is 1.74. The number of benzene rings is 2. The molecular formula is C20H23N3O2S. The van der Waals surface area contributed by atoms with Gasteiger partial charge in [0, 0.05) is 13.1 Å². The van der Waals surface area contributed by atoms with Crippen LogP contribution >= 0.6 is 11.3 Å². The Hall–Kier alpha value is -2.28. The molecule has 26 heavy (non-hydrogen) atoms. The van der Waals surface area contributed by atoms with E-state index in [4.69, 9.17) is 4.74 Å². The Morgan fingerprint density at radius 2 is 1.85 bits per heavy atom. The third kappa shape index (κ3) is 5.11. The third-order valence-electron chi connectivity index (χ3n) is 3.88. The van der Waals surface area contributed by atoms with E-state index in [1.54, 1.807) is 11.3 Å². The van der Waals surface area contributed by atoms with Crippen LogP contribution in [0.2, 0.25) is 0 Å². The highest BCUT2D eigenvalue weighted by Gasteiger charge is 2.08. The monoisotopic (exact) mass is 369 g/mol. The molecule has 0 spiro atoms. The Kier molecular flexibility index (Phi) is 6.33. The second kappa shape index (κ2) is 8.89. The first kappa shape index (κ1) is 18.5. The standard InChI is InChI=1S/C20H23N3O2S/c1-23(2)12-16-8-4-3-7-15(16)11-21-19(24)13-25-14-20-22-17-9-5-6-10-18(17)26-20/h3-10H,11-14H2,1-2H3,(H,21,24). The first-order valence-corrected chi connectivity index (χ1v) is 9.34. The second-order valence-electron chi connectivity index (χ2n) is 6.35. The van der Waals surface area contributed by atoms with Gasteiger partial charge in [0.1, 0.15) is 11.6 Å². The van der Waals surface area contributed by atoms with Crippen molar-refractivity contribution in [1.29, 1.82) is 0 Å². The van der Waals surface area contributed by atoms with Crippen LogP contribution in [0.4, 0.5) is 0 Å². The van der Waals surface area contributed by atoms with Crippen LogP contribution in [0, 0.1) is 0 Å². The number of ether oxygens (including phenoxy) is 1. The predicted molar refractivity (Wildman–Crippen MR) is 105 cm³/mol. The van der Waals surface area contributed by atoms with Crippen LogP contribution in [0.5, 0.6) is 0 Å². The Morgan fingerprint density at radius 1 is 1.12 bits per heavy atom. The van der Waals surface area contributed by atoms with E-state index >= 15 is 0 Å². The molecule has 6 heteroatoms. The number of para-hydroxylation sites is 1. The molecule has 0 aliphatic carbocycles. The van der Waals surface area contributed by atoms with E-state index < -0.39 is 0 Å². The van der Waals surface area contributed by atoms with Crippen molar-refractivity contribution < 1.29 is 9.53 Å². The number of thiazole rings is 1. The van der Waals surface area contributed by atoms with Crippen LogP contribution in [0.25, 0.3) is 10.2 Å². The summed E-state index contributed by atoms with van der Waals surface area (Å²) in [5.74, 6) is -0.120. The van der Waals surface area contributed by atoms with Crippen molar-refractivity contribution in [2.24, 2.45) is 0 Å². The number of aromatic nitrogens is 1. The molecule has 0 bridgehead atoms. The minimum absolute atomic E-state index is 0.0335. The molecule has 2 aromatic carbocycles. The van der Waals surface area contributed by atoms with E-state index in [0.29, 0.717) is 13.2 Å². The SMILES string of the molecule is CN(C)Cc1ccccc1CNC(=O)COCc1nc2ccccc2s1. The van der Waals surface area contributed by atoms with E-state index in [1.165, 1.54) is 5.56 Å². The summed E-state index contributed by atoms with van der Waals surface area (Å²) in [5.41, 5.74) is 3.31. The molecule has 0 fully saturated rings. The van der Waals surface area contributed by atoms with Crippen molar-refractivity contribution in [2.75, 3.05) is 20.7 Å². The highest BCUT2D eigenvalue weighted by molar-refractivity contribution is 7.18. The normalized spacial score (nSPS) is 11.2. The lowest BCUT2D eigenvalue weighted by molar-refractivity contribution is -0.126. The summed E-state index contributed by atoms with van der Waals surface area (Å²) in [4.78, 5) is 18.7. The zero-order valence-electron chi connectivity index (χ0n) is 15.1. The molecule has 1 N–H and O–H groups in total. The molecule has 0 atom stereocenters. The van der Waals surface area contributed by atoms with Gasteiger partial charge in [-0.1, -0.05) is 36.4 Å². The van der Waals surface area contributed by atoms with Gasteiger partial charge in [-0.15, -0.1) is 11.3 Å². The molecule has 1 amide bonds. The first-order chi connectivity index (χ1) is 12.6. The van der Waals surface area contributed by atoms with Crippen LogP contribution in [-0.4, -0.2) is 36.5 Å². The van der Waals surface area contributed by atoms with Gasteiger partial charge in [-0.05, 0) is 37.4 Å². The number of nitrogens with one attached hydrogen (secondary N) is 1. The van der Waals surface area contributed by atoms with Gasteiger partial charge in [0.15, 0.2) is 0 Å². The van der Waals surface area contributed by atoms with Crippen LogP contribution in [0.1, 0.15) is 16.1 Å². The average molecular weight is 369 g/mol. The van der Waals surface area contributed by atoms with Crippen molar-refractivity contribution in [3.8, 4) is 0 Å². The lowest BCUT2D eigenvalue weighted by Crippen LogP contribution is -2.27. The summed E-state index contributed by atoms with van der Waals surface area (Å²) < 4.78 is 6.65. The molecule has 136 valence electrons. The Balaban J connectivity index is 1.46. The fraction of sp³-hybridized carbons (Fsp3) is 0.300. The minimum Gasteiger partial charge on any atom is -0.364 e. The molecular weight excluding hydrogens is 346 g/mol. The topological polar surface area (TPSA) is 54.5 Å². The smallest absolute Gasteiger partial charge is 0.246 e. The van der Waals surface area contributed by atoms with Crippen molar-refractivity contribution in [3.63, 3.8) is 0 Å². The molecule has 1 heterocycles. The number of nitrogens with zero attached hydrogens (tertiary/aromatic N) is 2. The number of carbonyl (C=O) groups excluding carboxylic acids is 1. The van der Waals surface area contributed by atoms with Crippen molar-refractivity contribution in [1.82, 2.24) is 15.2 Å². The van der Waals surface area contributed by atoms with Crippen molar-refractivity contribution in [2.45, 2.75) is 19.7 Å². The van der Waals surface area contributed by atoms with Crippen LogP contribution < -0.4 is 5.32 Å². The summed E-state index contributed by atoms with van der Waals surface area (Å²) in [6.07, 6.45) is 0. The first-order valence-electron chi connectivity index (χ1n) is 8.52. The van der Waals surface area contributed by atoms with Gasteiger partial charge >= 0.3 is 0 Å². The van der Waals surface area contributed by atoms with Gasteiger partial charge in [0.05, 0.1) is 16.8 Å². The molecule has 0 radical (unpaired) electrons. The largest absolute Gasteiger partial charge is 0.364 e. The van der Waals surface area contributed by atoms with Gasteiger partial charge < -0.3 is 15.0 Å². The molecule has 1 aromatic heterocycles. The molecule has 0 aliphatic rings. The van der Waals surface area contributed by atoms with Gasteiger partial charge in [0.25, 0.3) is 0 Å². The van der Waals surface area contributed by atoms with Gasteiger partial charge in [-0.25, -0.2) is 4.98 Å². The quantitative estimate of drug-likeness (QED) is 0.663. The molecule has 5 nitrogen and oxygen atoms in total. The van der Waals surface area contributed by atoms with E-state index in [9.17, 15) is 4.79 Å². The third-order valence-corrected chi connectivity index (χ3v) is 4.89. The molecule has 0 saturated carbocycles. The highest BCUT2D eigenvalue weighted by Crippen LogP contribution is 2.21. The maximum atomic E-state index is 12.0. The van der Waals surface area contributed by atoms with E-state index in [2.05, 4.69) is 21.3 Å². The molecule has 0 unspecified atom stereocenters. The predicted octanol–water partition coefficient (Wildman–Crippen LogP) is 3.19. The molecule has 3 aromatic rings. The van der Waals surface area contributed by atoms with E-state index in [1.807, 2.05) is 56.6 Å². The number of hydrogen-bond acceptors (Lipinski definition) is 5. The summed E-state index contributed by atoms with van der Waals surface area (Å²) >= 11 is 1.59. The van der Waals surface area contributed by atoms with Crippen molar-refractivity contribution >= 4 is 27.5 Å². The number of rotatable bonds is 8. The van der Waals surface area contributed by atoms with E-state index in [0.717, 1.165) is 27.3 Å². The highest BCUT2D eigenvalue weighted by atomic mass is 32.1. The average Bonchev–Trinajstić information content (AvgIpc) is 3.03. The van der Waals surface area contributed by atoms with E-state index in [-0.39, 0.29) is 12.5 Å². The van der Waals surface area contributed by atoms with Crippen LogP contribution in [0.3, 0.4) is 0 Å². The Morgan fingerprint density at radius 3 is 2.62 bits per heavy atom. The lowest BCUT2D eigenvalue weighted by atomic mass is 10.1. The zero-order chi connectivity index (χ0) is 18.4. The number of hydrogen-bond donors (Lipinski definition) is 1. The van der Waals surface area contributed by atoms with Crippen molar-refractivity contribution in [3.05, 3.63) is 64.7 Å². The number of fused-ring (bicyclic) bond motifs is 1. The lowest BCUT2D eigenvalue weighted by Gasteiger charge is -2.14. The maximum absolute atomic E-state index is 12.0. The van der Waals surface area contributed by atoms with Gasteiger partial charge in [-0.2, -0.15) is 0 Å². The van der Waals surface area contributed by atoms with Gasteiger partial charge in [0.2, 0.25) is 5.91 Å².